The van der Waals surface area contributed by atoms with Crippen molar-refractivity contribution < 1.29 is 5.11 Å². The molecule has 0 bridgehead atoms. The highest BCUT2D eigenvalue weighted by molar-refractivity contribution is 9.10. The molecule has 2 aromatic heterocycles. The monoisotopic (exact) mass is 329 g/mol. The number of hydrogen-bond donors (Lipinski definition) is 1. The molecule has 0 radical (unpaired) electrons. The van der Waals surface area contributed by atoms with Crippen LogP contribution in [0.1, 0.15) is 11.3 Å². The average Bonchev–Trinajstić information content (AvgIpc) is 2.83. The normalized spacial score (nSPS) is 10.7. The van der Waals surface area contributed by atoms with Crippen LogP contribution in [0.5, 0.6) is 5.88 Å². The molecule has 0 amide bonds. The predicted octanol–water partition coefficient (Wildman–Crippen LogP) is 3.33. The first-order valence-corrected chi connectivity index (χ1v) is 6.96. The zero-order valence-corrected chi connectivity index (χ0v) is 12.2. The highest BCUT2D eigenvalue weighted by atomic mass is 79.9. The molecule has 0 atom stereocenters. The van der Waals surface area contributed by atoms with Gasteiger partial charge >= 0.3 is 0 Å². The Hall–Kier alpha value is -2.14. The van der Waals surface area contributed by atoms with Crippen molar-refractivity contribution in [1.82, 2.24) is 14.8 Å². The van der Waals surface area contributed by atoms with Gasteiger partial charge in [0, 0.05) is 23.2 Å². The molecule has 0 saturated heterocycles. The summed E-state index contributed by atoms with van der Waals surface area (Å²) in [4.78, 5) is 4.18. The molecular weight excluding hydrogens is 318 g/mol. The van der Waals surface area contributed by atoms with Gasteiger partial charge < -0.3 is 5.11 Å². The third-order valence-corrected chi connectivity index (χ3v) is 3.71. The molecule has 0 aliphatic carbocycles. The van der Waals surface area contributed by atoms with E-state index in [1.165, 1.54) is 4.68 Å². The molecule has 20 heavy (non-hydrogen) atoms. The molecule has 4 nitrogen and oxygen atoms in total. The number of benzene rings is 1. The number of hydrogen-bond acceptors (Lipinski definition) is 3. The van der Waals surface area contributed by atoms with Crippen molar-refractivity contribution >= 4 is 15.9 Å². The van der Waals surface area contributed by atoms with Gasteiger partial charge in [0.1, 0.15) is 0 Å². The zero-order chi connectivity index (χ0) is 13.9. The van der Waals surface area contributed by atoms with Gasteiger partial charge in [-0.25, -0.2) is 4.98 Å². The van der Waals surface area contributed by atoms with Crippen LogP contribution in [0.2, 0.25) is 0 Å². The van der Waals surface area contributed by atoms with Crippen molar-refractivity contribution in [3.05, 3.63) is 70.5 Å². The van der Waals surface area contributed by atoms with Crippen LogP contribution in [0.25, 0.3) is 5.82 Å². The molecule has 0 aliphatic rings. The molecule has 0 aliphatic heterocycles. The fourth-order valence-corrected chi connectivity index (χ4v) is 2.41. The summed E-state index contributed by atoms with van der Waals surface area (Å²) in [5.74, 6) is 0.689. The van der Waals surface area contributed by atoms with Crippen LogP contribution in [-0.4, -0.2) is 19.9 Å². The zero-order valence-electron chi connectivity index (χ0n) is 10.6. The number of aromatic hydroxyl groups is 1. The quantitative estimate of drug-likeness (QED) is 0.801. The minimum absolute atomic E-state index is 0.0887. The lowest BCUT2D eigenvalue weighted by molar-refractivity contribution is 0.432. The van der Waals surface area contributed by atoms with Crippen molar-refractivity contribution in [2.75, 3.05) is 0 Å². The predicted molar refractivity (Wildman–Crippen MR) is 80.0 cm³/mol. The van der Waals surface area contributed by atoms with Crippen LogP contribution in [0.3, 0.4) is 0 Å². The number of halogens is 1. The Balaban J connectivity index is 1.92. The largest absolute Gasteiger partial charge is 0.493 e. The first-order chi connectivity index (χ1) is 9.74. The summed E-state index contributed by atoms with van der Waals surface area (Å²) >= 11 is 3.51. The fourth-order valence-electron chi connectivity index (χ4n) is 1.99. The van der Waals surface area contributed by atoms with E-state index in [0.717, 1.165) is 15.7 Å². The standard InChI is InChI=1S/C15H12BrN3O/c16-13-6-2-1-5-11(13)9-12-10-15(20)19(18-12)14-7-3-4-8-17-14/h1-8,10,20H,9H2. The maximum absolute atomic E-state index is 9.98. The second-order valence-electron chi connectivity index (χ2n) is 4.36. The molecule has 3 aromatic rings. The van der Waals surface area contributed by atoms with E-state index in [-0.39, 0.29) is 5.88 Å². The first kappa shape index (κ1) is 12.9. The number of rotatable bonds is 3. The van der Waals surface area contributed by atoms with Crippen LogP contribution >= 0.6 is 15.9 Å². The Bertz CT molecular complexity index is 725. The van der Waals surface area contributed by atoms with Crippen molar-refractivity contribution in [3.8, 4) is 11.7 Å². The molecule has 0 spiro atoms. The smallest absolute Gasteiger partial charge is 0.215 e. The maximum atomic E-state index is 9.98. The van der Waals surface area contributed by atoms with E-state index >= 15 is 0 Å². The second-order valence-corrected chi connectivity index (χ2v) is 5.22. The van der Waals surface area contributed by atoms with Gasteiger partial charge in [0.05, 0.1) is 5.69 Å². The number of aromatic nitrogens is 3. The van der Waals surface area contributed by atoms with Gasteiger partial charge in [0.25, 0.3) is 0 Å². The van der Waals surface area contributed by atoms with Crippen molar-refractivity contribution in [2.24, 2.45) is 0 Å². The van der Waals surface area contributed by atoms with Gasteiger partial charge in [0.2, 0.25) is 5.88 Å². The second kappa shape index (κ2) is 5.46. The first-order valence-electron chi connectivity index (χ1n) is 6.17. The number of nitrogens with zero attached hydrogens (tertiary/aromatic N) is 3. The van der Waals surface area contributed by atoms with E-state index in [1.807, 2.05) is 36.4 Å². The summed E-state index contributed by atoms with van der Waals surface area (Å²) in [6, 6.07) is 15.1. The Labute approximate surface area is 124 Å². The van der Waals surface area contributed by atoms with Crippen LogP contribution in [-0.2, 0) is 6.42 Å². The molecular formula is C15H12BrN3O. The van der Waals surface area contributed by atoms with E-state index in [4.69, 9.17) is 0 Å². The highest BCUT2D eigenvalue weighted by Gasteiger charge is 2.10. The third-order valence-electron chi connectivity index (χ3n) is 2.94. The summed E-state index contributed by atoms with van der Waals surface area (Å²) in [7, 11) is 0. The van der Waals surface area contributed by atoms with Crippen molar-refractivity contribution in [1.29, 1.82) is 0 Å². The van der Waals surface area contributed by atoms with E-state index in [1.54, 1.807) is 18.3 Å². The van der Waals surface area contributed by atoms with Crippen LogP contribution in [0, 0.1) is 0 Å². The Morgan fingerprint density at radius 3 is 2.65 bits per heavy atom. The van der Waals surface area contributed by atoms with Gasteiger partial charge in [-0.2, -0.15) is 9.78 Å². The lowest BCUT2D eigenvalue weighted by atomic mass is 10.1. The molecule has 1 aromatic carbocycles. The van der Waals surface area contributed by atoms with Gasteiger partial charge in [-0.3, -0.25) is 0 Å². The molecule has 100 valence electrons. The molecule has 2 heterocycles. The molecule has 0 saturated carbocycles. The topological polar surface area (TPSA) is 50.9 Å². The average molecular weight is 330 g/mol. The molecule has 3 rings (SSSR count). The summed E-state index contributed by atoms with van der Waals surface area (Å²) in [5.41, 5.74) is 1.92. The van der Waals surface area contributed by atoms with Gasteiger partial charge in [-0.15, -0.1) is 0 Å². The Kier molecular flexibility index (Phi) is 3.52. The summed E-state index contributed by atoms with van der Waals surface area (Å²) < 4.78 is 2.47. The van der Waals surface area contributed by atoms with Gasteiger partial charge in [-0.1, -0.05) is 40.2 Å². The van der Waals surface area contributed by atoms with Gasteiger partial charge in [-0.05, 0) is 23.8 Å². The van der Waals surface area contributed by atoms with E-state index < -0.39 is 0 Å². The molecule has 5 heteroatoms. The van der Waals surface area contributed by atoms with Crippen molar-refractivity contribution in [2.45, 2.75) is 6.42 Å². The van der Waals surface area contributed by atoms with Crippen LogP contribution < -0.4 is 0 Å². The lowest BCUT2D eigenvalue weighted by Gasteiger charge is -2.02. The number of pyridine rings is 1. The minimum Gasteiger partial charge on any atom is -0.493 e. The van der Waals surface area contributed by atoms with E-state index in [2.05, 4.69) is 26.0 Å². The van der Waals surface area contributed by atoms with Crippen LogP contribution in [0.15, 0.2) is 59.2 Å². The fraction of sp³-hybridized carbons (Fsp3) is 0.0667. The minimum atomic E-state index is 0.0887. The van der Waals surface area contributed by atoms with Crippen molar-refractivity contribution in [3.63, 3.8) is 0 Å². The maximum Gasteiger partial charge on any atom is 0.215 e. The van der Waals surface area contributed by atoms with Gasteiger partial charge in [0.15, 0.2) is 5.82 Å². The lowest BCUT2D eigenvalue weighted by Crippen LogP contribution is -1.99. The third kappa shape index (κ3) is 2.58. The Morgan fingerprint density at radius 1 is 1.10 bits per heavy atom. The SMILES string of the molecule is Oc1cc(Cc2ccccc2Br)nn1-c1ccccn1. The van der Waals surface area contributed by atoms with Crippen LogP contribution in [0.4, 0.5) is 0 Å². The summed E-state index contributed by atoms with van der Waals surface area (Å²) in [5, 5.41) is 14.4. The highest BCUT2D eigenvalue weighted by Crippen LogP contribution is 2.22. The molecule has 0 unspecified atom stereocenters. The summed E-state index contributed by atoms with van der Waals surface area (Å²) in [6.07, 6.45) is 2.32. The molecule has 0 fully saturated rings. The van der Waals surface area contributed by atoms with E-state index in [0.29, 0.717) is 12.2 Å². The van der Waals surface area contributed by atoms with E-state index in [9.17, 15) is 5.11 Å². The Morgan fingerprint density at radius 2 is 1.90 bits per heavy atom. The summed E-state index contributed by atoms with van der Waals surface area (Å²) in [6.45, 7) is 0. The molecule has 1 N–H and O–H groups in total.